The molecule has 1 amide bonds. The minimum absolute atomic E-state index is 0.407. The molecule has 2 fully saturated rings. The second kappa shape index (κ2) is 7.50. The molecule has 2 rings (SSSR count). The van der Waals surface area contributed by atoms with Crippen molar-refractivity contribution in [2.75, 3.05) is 6.54 Å². The van der Waals surface area contributed by atoms with Gasteiger partial charge in [0.05, 0.1) is 0 Å². The number of likely N-dealkylation sites (tertiary alicyclic amines) is 1. The van der Waals surface area contributed by atoms with Gasteiger partial charge in [0.1, 0.15) is 0 Å². The van der Waals surface area contributed by atoms with Gasteiger partial charge in [0.15, 0.2) is 0 Å². The van der Waals surface area contributed by atoms with E-state index in [0.29, 0.717) is 17.9 Å². The lowest BCUT2D eigenvalue weighted by atomic mass is 9.73. The van der Waals surface area contributed by atoms with Gasteiger partial charge < -0.3 is 15.1 Å². The first-order valence-corrected chi connectivity index (χ1v) is 7.54. The predicted molar refractivity (Wildman–Crippen MR) is 76.7 cm³/mol. The number of hydrogen-bond acceptors (Lipinski definition) is 2. The normalized spacial score (nSPS) is 30.1. The topological polar surface area (TPSA) is 77.8 Å². The summed E-state index contributed by atoms with van der Waals surface area (Å²) in [6.45, 7) is 7.98. The Balaban J connectivity index is 0.000000444. The number of nitrogens with zero attached hydrogens (tertiary/aromatic N) is 1. The SMILES string of the molecule is CC1CCC(C(C)C)C(N2CCCC2=O)C1.O=C(O)O. The van der Waals surface area contributed by atoms with Crippen LogP contribution >= 0.6 is 0 Å². The third-order valence-corrected chi connectivity index (χ3v) is 4.50. The Morgan fingerprint density at radius 1 is 1.30 bits per heavy atom. The molecule has 3 unspecified atom stereocenters. The summed E-state index contributed by atoms with van der Waals surface area (Å²) in [5.41, 5.74) is 0. The fourth-order valence-corrected chi connectivity index (χ4v) is 3.53. The van der Waals surface area contributed by atoms with E-state index in [9.17, 15) is 4.79 Å². The highest BCUT2D eigenvalue weighted by molar-refractivity contribution is 5.78. The van der Waals surface area contributed by atoms with E-state index in [2.05, 4.69) is 25.7 Å². The summed E-state index contributed by atoms with van der Waals surface area (Å²) >= 11 is 0. The maximum absolute atomic E-state index is 11.9. The van der Waals surface area contributed by atoms with E-state index in [1.165, 1.54) is 19.3 Å². The third-order valence-electron chi connectivity index (χ3n) is 4.50. The van der Waals surface area contributed by atoms with Crippen LogP contribution in [0.1, 0.15) is 52.9 Å². The molecular weight excluding hydrogens is 258 g/mol. The molecule has 116 valence electrons. The number of hydrogen-bond donors (Lipinski definition) is 2. The number of amides is 1. The average molecular weight is 285 g/mol. The van der Waals surface area contributed by atoms with Gasteiger partial charge in [-0.15, -0.1) is 0 Å². The molecule has 0 aromatic carbocycles. The zero-order valence-corrected chi connectivity index (χ0v) is 12.7. The molecule has 5 heteroatoms. The van der Waals surface area contributed by atoms with E-state index >= 15 is 0 Å². The van der Waals surface area contributed by atoms with Gasteiger partial charge in [-0.2, -0.15) is 0 Å². The molecule has 1 aliphatic heterocycles. The van der Waals surface area contributed by atoms with Crippen molar-refractivity contribution in [3.8, 4) is 0 Å². The molecule has 0 spiro atoms. The van der Waals surface area contributed by atoms with Crippen LogP contribution < -0.4 is 0 Å². The van der Waals surface area contributed by atoms with Crippen LogP contribution in [0.15, 0.2) is 0 Å². The van der Waals surface area contributed by atoms with Gasteiger partial charge in [-0.05, 0) is 37.0 Å². The lowest BCUT2D eigenvalue weighted by molar-refractivity contribution is -0.132. The highest BCUT2D eigenvalue weighted by atomic mass is 16.6. The molecule has 1 saturated heterocycles. The smallest absolute Gasteiger partial charge is 0.450 e. The van der Waals surface area contributed by atoms with Crippen molar-refractivity contribution in [3.63, 3.8) is 0 Å². The highest BCUT2D eigenvalue weighted by Gasteiger charge is 2.38. The van der Waals surface area contributed by atoms with Crippen molar-refractivity contribution in [2.45, 2.75) is 58.9 Å². The number of rotatable bonds is 2. The van der Waals surface area contributed by atoms with Crippen molar-refractivity contribution in [2.24, 2.45) is 17.8 Å². The monoisotopic (exact) mass is 285 g/mol. The zero-order valence-electron chi connectivity index (χ0n) is 12.7. The second-order valence-corrected chi connectivity index (χ2v) is 6.37. The van der Waals surface area contributed by atoms with Crippen LogP contribution in [-0.4, -0.2) is 39.8 Å². The first-order valence-electron chi connectivity index (χ1n) is 7.54. The predicted octanol–water partition coefficient (Wildman–Crippen LogP) is 3.29. The van der Waals surface area contributed by atoms with Crippen LogP contribution in [0.25, 0.3) is 0 Å². The van der Waals surface area contributed by atoms with E-state index in [-0.39, 0.29) is 0 Å². The zero-order chi connectivity index (χ0) is 15.3. The number of carbonyl (C=O) groups is 2. The summed E-state index contributed by atoms with van der Waals surface area (Å²) in [4.78, 5) is 22.6. The maximum Gasteiger partial charge on any atom is 0.503 e. The van der Waals surface area contributed by atoms with Crippen molar-refractivity contribution in [3.05, 3.63) is 0 Å². The molecule has 1 saturated carbocycles. The van der Waals surface area contributed by atoms with Crippen molar-refractivity contribution in [1.82, 2.24) is 4.90 Å². The largest absolute Gasteiger partial charge is 0.503 e. The van der Waals surface area contributed by atoms with E-state index in [0.717, 1.165) is 31.2 Å². The average Bonchev–Trinajstić information content (AvgIpc) is 2.74. The molecular formula is C15H27NO4. The van der Waals surface area contributed by atoms with Gasteiger partial charge in [0.2, 0.25) is 5.91 Å². The molecule has 5 nitrogen and oxygen atoms in total. The summed E-state index contributed by atoms with van der Waals surface area (Å²) < 4.78 is 0. The highest BCUT2D eigenvalue weighted by Crippen LogP contribution is 2.37. The Morgan fingerprint density at radius 2 is 1.90 bits per heavy atom. The van der Waals surface area contributed by atoms with E-state index in [4.69, 9.17) is 15.0 Å². The fourth-order valence-electron chi connectivity index (χ4n) is 3.53. The molecule has 2 N–H and O–H groups in total. The number of carbonyl (C=O) groups excluding carboxylic acids is 1. The molecule has 0 radical (unpaired) electrons. The lowest BCUT2D eigenvalue weighted by Crippen LogP contribution is -2.46. The third kappa shape index (κ3) is 4.69. The molecule has 20 heavy (non-hydrogen) atoms. The summed E-state index contributed by atoms with van der Waals surface area (Å²) in [6, 6.07) is 0.541. The van der Waals surface area contributed by atoms with Gasteiger partial charge in [-0.25, -0.2) is 4.79 Å². The molecule has 0 aromatic rings. The van der Waals surface area contributed by atoms with Gasteiger partial charge in [0, 0.05) is 19.0 Å². The summed E-state index contributed by atoms with van der Waals surface area (Å²) in [5, 5.41) is 13.9. The van der Waals surface area contributed by atoms with E-state index in [1.807, 2.05) is 0 Å². The van der Waals surface area contributed by atoms with Crippen LogP contribution in [0.3, 0.4) is 0 Å². The van der Waals surface area contributed by atoms with Crippen LogP contribution in [0.4, 0.5) is 4.79 Å². The van der Waals surface area contributed by atoms with Crippen molar-refractivity contribution in [1.29, 1.82) is 0 Å². The minimum Gasteiger partial charge on any atom is -0.450 e. The Morgan fingerprint density at radius 3 is 2.35 bits per heavy atom. The van der Waals surface area contributed by atoms with Gasteiger partial charge >= 0.3 is 6.16 Å². The van der Waals surface area contributed by atoms with Crippen LogP contribution in [0.5, 0.6) is 0 Å². The standard InChI is InChI=1S/C14H25NO.CH2O3/c1-10(2)12-7-6-11(3)9-13(12)15-8-4-5-14(15)16;2-1(3)4/h10-13H,4-9H2,1-3H3;(H2,2,3,4). The molecule has 2 aliphatic rings. The first-order chi connectivity index (χ1) is 9.32. The second-order valence-electron chi connectivity index (χ2n) is 6.37. The van der Waals surface area contributed by atoms with Crippen LogP contribution in [0.2, 0.25) is 0 Å². The molecule has 1 aliphatic carbocycles. The van der Waals surface area contributed by atoms with Crippen LogP contribution in [0, 0.1) is 17.8 Å². The maximum atomic E-state index is 11.9. The van der Waals surface area contributed by atoms with E-state index in [1.54, 1.807) is 0 Å². The van der Waals surface area contributed by atoms with E-state index < -0.39 is 6.16 Å². The Hall–Kier alpha value is -1.26. The van der Waals surface area contributed by atoms with Crippen molar-refractivity contribution < 1.29 is 19.8 Å². The summed E-state index contributed by atoms with van der Waals surface area (Å²) in [6.07, 6.45) is 3.92. The fraction of sp³-hybridized carbons (Fsp3) is 0.867. The number of carboxylic acid groups (broad SMARTS) is 2. The van der Waals surface area contributed by atoms with Gasteiger partial charge in [0.25, 0.3) is 0 Å². The van der Waals surface area contributed by atoms with Gasteiger partial charge in [-0.3, -0.25) is 4.79 Å². The Kier molecular flexibility index (Phi) is 6.30. The molecule has 1 heterocycles. The Bertz CT molecular complexity index is 339. The first kappa shape index (κ1) is 16.8. The molecule has 3 atom stereocenters. The molecule has 0 bridgehead atoms. The van der Waals surface area contributed by atoms with Crippen molar-refractivity contribution >= 4 is 12.1 Å². The summed E-state index contributed by atoms with van der Waals surface area (Å²) in [5.74, 6) is 2.65. The quantitative estimate of drug-likeness (QED) is 0.816. The minimum atomic E-state index is -1.83. The summed E-state index contributed by atoms with van der Waals surface area (Å²) in [7, 11) is 0. The molecule has 0 aromatic heterocycles. The van der Waals surface area contributed by atoms with Crippen LogP contribution in [-0.2, 0) is 4.79 Å². The lowest BCUT2D eigenvalue weighted by Gasteiger charge is -2.42. The Labute approximate surface area is 121 Å². The van der Waals surface area contributed by atoms with Gasteiger partial charge in [-0.1, -0.05) is 27.2 Å².